The summed E-state index contributed by atoms with van der Waals surface area (Å²) in [6.07, 6.45) is 1.62. The minimum atomic E-state index is 0.0864. The zero-order chi connectivity index (χ0) is 21.3. The molecular formula is C20H28ClN7O2. The second-order valence-corrected chi connectivity index (χ2v) is 8.24. The molecule has 30 heavy (non-hydrogen) atoms. The van der Waals surface area contributed by atoms with E-state index in [1.807, 2.05) is 19.2 Å². The molecule has 9 nitrogen and oxygen atoms in total. The summed E-state index contributed by atoms with van der Waals surface area (Å²) < 4.78 is 11.5. The van der Waals surface area contributed by atoms with Gasteiger partial charge < -0.3 is 30.3 Å². The maximum atomic E-state index is 6.38. The fraction of sp³-hybridized carbons (Fsp3) is 0.500. The number of hydrogen-bond acceptors (Lipinski definition) is 9. The Kier molecular flexibility index (Phi) is 6.03. The predicted octanol–water partition coefficient (Wildman–Crippen LogP) is 1.91. The van der Waals surface area contributed by atoms with Crippen LogP contribution in [-0.4, -0.2) is 86.3 Å². The quantitative estimate of drug-likeness (QED) is 0.662. The number of aromatic nitrogens is 2. The first-order chi connectivity index (χ1) is 14.4. The molecule has 0 unspecified atom stereocenters. The first kappa shape index (κ1) is 20.8. The van der Waals surface area contributed by atoms with Gasteiger partial charge in [0.25, 0.3) is 0 Å². The van der Waals surface area contributed by atoms with Crippen LogP contribution in [0, 0.1) is 0 Å². The Labute approximate surface area is 181 Å². The fourth-order valence-electron chi connectivity index (χ4n) is 3.66. The van der Waals surface area contributed by atoms with Crippen LogP contribution in [0.1, 0.15) is 0 Å². The number of nitrogens with one attached hydrogen (secondary N) is 1. The molecule has 2 fully saturated rings. The first-order valence-electron chi connectivity index (χ1n) is 9.98. The van der Waals surface area contributed by atoms with Crippen molar-refractivity contribution in [2.24, 2.45) is 0 Å². The molecular weight excluding hydrogens is 406 g/mol. The lowest BCUT2D eigenvalue weighted by Gasteiger charge is -2.35. The molecule has 0 aliphatic carbocycles. The number of hydrogen-bond donors (Lipinski definition) is 2. The van der Waals surface area contributed by atoms with E-state index in [0.717, 1.165) is 45.0 Å². The van der Waals surface area contributed by atoms with Crippen LogP contribution in [0.15, 0.2) is 18.3 Å². The van der Waals surface area contributed by atoms with Crippen LogP contribution in [0.4, 0.5) is 23.0 Å². The summed E-state index contributed by atoms with van der Waals surface area (Å²) in [7, 11) is 5.80. The van der Waals surface area contributed by atoms with Gasteiger partial charge >= 0.3 is 0 Å². The molecule has 0 saturated carbocycles. The standard InChI is InChI=1S/C20H28ClN7O2/c1-26-4-6-28(7-5-26)17-9-18(29-3)16(8-15(17)22)24-20-23-10-14(21)19(25-20)30-13-11-27(2)12-13/h8-10,13H,4-7,11-12,22H2,1-3H3,(H,23,24,25). The molecule has 4 rings (SSSR count). The van der Waals surface area contributed by atoms with Crippen LogP contribution in [0.5, 0.6) is 11.6 Å². The lowest BCUT2D eigenvalue weighted by atomic mass is 10.2. The van der Waals surface area contributed by atoms with Crippen LogP contribution >= 0.6 is 11.6 Å². The Bertz CT molecular complexity index is 899. The average molecular weight is 434 g/mol. The van der Waals surface area contributed by atoms with Crippen LogP contribution in [0.25, 0.3) is 0 Å². The highest BCUT2D eigenvalue weighted by Crippen LogP contribution is 2.37. The van der Waals surface area contributed by atoms with E-state index in [0.29, 0.717) is 34.0 Å². The molecule has 2 aliphatic heterocycles. The maximum Gasteiger partial charge on any atom is 0.237 e. The SMILES string of the molecule is COc1cc(N2CCN(C)CC2)c(N)cc1Nc1ncc(Cl)c(OC2CN(C)C2)n1. The molecule has 0 bridgehead atoms. The normalized spacial score (nSPS) is 18.2. The molecule has 3 N–H and O–H groups in total. The van der Waals surface area contributed by atoms with Gasteiger partial charge in [-0.2, -0.15) is 4.98 Å². The van der Waals surface area contributed by atoms with Crippen molar-refractivity contribution in [3.05, 3.63) is 23.4 Å². The maximum absolute atomic E-state index is 6.38. The average Bonchev–Trinajstić information content (AvgIpc) is 2.70. The van der Waals surface area contributed by atoms with Gasteiger partial charge in [-0.05, 0) is 20.2 Å². The number of halogens is 1. The van der Waals surface area contributed by atoms with Gasteiger partial charge in [0.05, 0.1) is 30.4 Å². The fourth-order valence-corrected chi connectivity index (χ4v) is 3.80. The molecule has 2 aromatic rings. The van der Waals surface area contributed by atoms with Gasteiger partial charge in [-0.25, -0.2) is 4.98 Å². The molecule has 1 aromatic carbocycles. The van der Waals surface area contributed by atoms with Crippen molar-refractivity contribution in [1.29, 1.82) is 0 Å². The predicted molar refractivity (Wildman–Crippen MR) is 119 cm³/mol. The summed E-state index contributed by atoms with van der Waals surface area (Å²) in [6.45, 7) is 5.55. The van der Waals surface area contributed by atoms with E-state index < -0.39 is 0 Å². The highest BCUT2D eigenvalue weighted by Gasteiger charge is 2.26. The lowest BCUT2D eigenvalue weighted by Crippen LogP contribution is -2.51. The van der Waals surface area contributed by atoms with E-state index in [4.69, 9.17) is 26.8 Å². The largest absolute Gasteiger partial charge is 0.494 e. The van der Waals surface area contributed by atoms with Gasteiger partial charge in [-0.1, -0.05) is 11.6 Å². The molecule has 3 heterocycles. The number of methoxy groups -OCH3 is 1. The Morgan fingerprint density at radius 3 is 2.53 bits per heavy atom. The third kappa shape index (κ3) is 4.48. The van der Waals surface area contributed by atoms with Crippen LogP contribution in [-0.2, 0) is 0 Å². The van der Waals surface area contributed by atoms with Crippen molar-refractivity contribution in [1.82, 2.24) is 19.8 Å². The zero-order valence-electron chi connectivity index (χ0n) is 17.6. The highest BCUT2D eigenvalue weighted by atomic mass is 35.5. The molecule has 0 atom stereocenters. The van der Waals surface area contributed by atoms with E-state index in [9.17, 15) is 0 Å². The molecule has 162 valence electrons. The summed E-state index contributed by atoms with van der Waals surface area (Å²) in [4.78, 5) is 15.4. The van der Waals surface area contributed by atoms with Crippen LogP contribution < -0.4 is 25.4 Å². The molecule has 2 saturated heterocycles. The zero-order valence-corrected chi connectivity index (χ0v) is 18.3. The number of nitrogens with zero attached hydrogens (tertiary/aromatic N) is 5. The van der Waals surface area contributed by atoms with Crippen LogP contribution in [0.2, 0.25) is 5.02 Å². The molecule has 0 spiro atoms. The van der Waals surface area contributed by atoms with Crippen molar-refractivity contribution in [3.8, 4) is 11.6 Å². The first-order valence-corrected chi connectivity index (χ1v) is 10.4. The van der Waals surface area contributed by atoms with E-state index in [-0.39, 0.29) is 6.10 Å². The number of benzene rings is 1. The summed E-state index contributed by atoms with van der Waals surface area (Å²) in [5.41, 5.74) is 8.71. The van der Waals surface area contributed by atoms with Gasteiger partial charge in [0.2, 0.25) is 11.8 Å². The van der Waals surface area contributed by atoms with Gasteiger partial charge in [-0.15, -0.1) is 0 Å². The van der Waals surface area contributed by atoms with Gasteiger partial charge in [-0.3, -0.25) is 4.90 Å². The third-order valence-corrected chi connectivity index (χ3v) is 5.72. The molecule has 0 radical (unpaired) electrons. The van der Waals surface area contributed by atoms with E-state index >= 15 is 0 Å². The monoisotopic (exact) mass is 433 g/mol. The van der Waals surface area contributed by atoms with Gasteiger partial charge in [0.15, 0.2) is 0 Å². The van der Waals surface area contributed by atoms with Crippen molar-refractivity contribution in [2.75, 3.05) is 76.4 Å². The molecule has 2 aliphatic rings. The number of likely N-dealkylation sites (N-methyl/N-ethyl adjacent to an activating group) is 2. The topological polar surface area (TPSA) is 92.0 Å². The minimum absolute atomic E-state index is 0.0864. The number of anilines is 4. The number of ether oxygens (including phenoxy) is 2. The lowest BCUT2D eigenvalue weighted by molar-refractivity contribution is 0.0357. The Morgan fingerprint density at radius 2 is 1.87 bits per heavy atom. The second kappa shape index (κ2) is 8.71. The summed E-state index contributed by atoms with van der Waals surface area (Å²) >= 11 is 6.22. The Morgan fingerprint density at radius 1 is 1.13 bits per heavy atom. The third-order valence-electron chi connectivity index (χ3n) is 5.46. The van der Waals surface area contributed by atoms with Crippen molar-refractivity contribution >= 4 is 34.6 Å². The van der Waals surface area contributed by atoms with Gasteiger partial charge in [0, 0.05) is 45.3 Å². The van der Waals surface area contributed by atoms with Crippen molar-refractivity contribution in [2.45, 2.75) is 6.10 Å². The van der Waals surface area contributed by atoms with Gasteiger partial charge in [0.1, 0.15) is 16.9 Å². The number of piperazine rings is 1. The van der Waals surface area contributed by atoms with E-state index in [1.165, 1.54) is 6.20 Å². The molecule has 1 aromatic heterocycles. The minimum Gasteiger partial charge on any atom is -0.494 e. The highest BCUT2D eigenvalue weighted by molar-refractivity contribution is 6.31. The smallest absolute Gasteiger partial charge is 0.237 e. The number of likely N-dealkylation sites (tertiary alicyclic amines) is 1. The van der Waals surface area contributed by atoms with Crippen LogP contribution in [0.3, 0.4) is 0 Å². The summed E-state index contributed by atoms with van der Waals surface area (Å²) in [6, 6.07) is 3.81. The Balaban J connectivity index is 1.53. The second-order valence-electron chi connectivity index (χ2n) is 7.83. The summed E-state index contributed by atoms with van der Waals surface area (Å²) in [5, 5.41) is 3.57. The summed E-state index contributed by atoms with van der Waals surface area (Å²) in [5.74, 6) is 1.40. The number of nitrogen functional groups attached to an aromatic ring is 1. The van der Waals surface area contributed by atoms with E-state index in [1.54, 1.807) is 7.11 Å². The number of nitrogens with two attached hydrogens (primary N) is 1. The van der Waals surface area contributed by atoms with Crippen molar-refractivity contribution in [3.63, 3.8) is 0 Å². The molecule has 10 heteroatoms. The van der Waals surface area contributed by atoms with Crippen molar-refractivity contribution < 1.29 is 9.47 Å². The van der Waals surface area contributed by atoms with E-state index in [2.05, 4.69) is 37.0 Å². The Hall–Kier alpha value is -2.49. The number of rotatable bonds is 6. The molecule has 0 amide bonds.